The molecule has 0 fully saturated rings. The van der Waals surface area contributed by atoms with Gasteiger partial charge in [-0.1, -0.05) is 56.0 Å². The van der Waals surface area contributed by atoms with Gasteiger partial charge in [-0.2, -0.15) is 0 Å². The molecule has 4 nitrogen and oxygen atoms in total. The van der Waals surface area contributed by atoms with Crippen molar-refractivity contribution in [3.8, 4) is 0 Å². The maximum absolute atomic E-state index is 12.2. The number of benzene rings is 1. The topological polar surface area (TPSA) is 75.2 Å². The van der Waals surface area contributed by atoms with Crippen molar-refractivity contribution in [2.24, 2.45) is 5.92 Å². The number of hydrogen-bond donors (Lipinski definition) is 1. The molecule has 1 aromatic carbocycles. The standard InChI is InChI=1S/C11H16NO3PS.2Li/c1-8(2)10(11(13)14)12-16(15,17)9-6-4-3-5-7-9;;/h3-8,10H,1-2H3,(H,13,14)(H2,12,15,17);;/q;2*+1/p-2. The summed E-state index contributed by atoms with van der Waals surface area (Å²) in [6.45, 7) is 3.40. The number of carbonyl (C=O) groups is 1. The predicted octanol–water partition coefficient (Wildman–Crippen LogP) is -6.65. The number of nitrogens with one attached hydrogen (secondary N) is 1. The Bertz CT molecular complexity index is 445. The summed E-state index contributed by atoms with van der Waals surface area (Å²) < 4.78 is 0. The number of aliphatic carboxylic acids is 1. The fourth-order valence-corrected chi connectivity index (χ4v) is 3.55. The normalized spacial score (nSPS) is 14.7. The molecule has 0 heterocycles. The van der Waals surface area contributed by atoms with Crippen molar-refractivity contribution in [2.45, 2.75) is 19.9 Å². The second kappa shape index (κ2) is 9.40. The smallest absolute Gasteiger partial charge is 0.807 e. The van der Waals surface area contributed by atoms with Crippen LogP contribution in [0.25, 0.3) is 0 Å². The van der Waals surface area contributed by atoms with E-state index in [1.165, 1.54) is 0 Å². The molecule has 0 aliphatic heterocycles. The minimum atomic E-state index is -3.30. The van der Waals surface area contributed by atoms with Gasteiger partial charge in [0.2, 0.25) is 0 Å². The van der Waals surface area contributed by atoms with E-state index in [9.17, 15) is 14.8 Å². The first-order valence-electron chi connectivity index (χ1n) is 5.20. The Kier molecular flexibility index (Phi) is 10.8. The van der Waals surface area contributed by atoms with Crippen LogP contribution in [0.3, 0.4) is 0 Å². The predicted molar refractivity (Wildman–Crippen MR) is 67.1 cm³/mol. The van der Waals surface area contributed by atoms with E-state index in [0.29, 0.717) is 5.30 Å². The van der Waals surface area contributed by atoms with Crippen LogP contribution in [-0.4, -0.2) is 12.0 Å². The molecular formula is C11H14Li2NO3PS. The molecule has 0 saturated carbocycles. The molecule has 0 aliphatic rings. The van der Waals surface area contributed by atoms with Gasteiger partial charge in [0.25, 0.3) is 0 Å². The zero-order valence-corrected chi connectivity index (χ0v) is 13.3. The zero-order chi connectivity index (χ0) is 13.1. The van der Waals surface area contributed by atoms with Crippen LogP contribution in [0, 0.1) is 5.92 Å². The number of hydrogen-bond acceptors (Lipinski definition) is 4. The average molecular weight is 285 g/mol. The van der Waals surface area contributed by atoms with Gasteiger partial charge in [-0.05, 0) is 17.6 Å². The third kappa shape index (κ3) is 6.63. The van der Waals surface area contributed by atoms with E-state index in [-0.39, 0.29) is 43.6 Å². The molecule has 0 bridgehead atoms. The van der Waals surface area contributed by atoms with Gasteiger partial charge >= 0.3 is 37.7 Å². The Morgan fingerprint density at radius 1 is 1.26 bits per heavy atom. The summed E-state index contributed by atoms with van der Waals surface area (Å²) in [4.78, 5) is 23.2. The Morgan fingerprint density at radius 2 is 1.74 bits per heavy atom. The molecule has 2 unspecified atom stereocenters. The molecule has 19 heavy (non-hydrogen) atoms. The fourth-order valence-electron chi connectivity index (χ4n) is 1.36. The van der Waals surface area contributed by atoms with Crippen molar-refractivity contribution < 1.29 is 52.5 Å². The molecule has 1 aromatic rings. The van der Waals surface area contributed by atoms with Crippen molar-refractivity contribution in [3.05, 3.63) is 30.3 Å². The van der Waals surface area contributed by atoms with Crippen LogP contribution >= 0.6 is 6.42 Å². The first-order chi connectivity index (χ1) is 7.84. The van der Waals surface area contributed by atoms with Gasteiger partial charge in [-0.15, -0.1) is 0 Å². The second-order valence-corrected chi connectivity index (χ2v) is 7.48. The van der Waals surface area contributed by atoms with Gasteiger partial charge in [-0.25, -0.2) is 0 Å². The Labute approximate surface area is 142 Å². The third-order valence-electron chi connectivity index (χ3n) is 2.33. The summed E-state index contributed by atoms with van der Waals surface area (Å²) in [5.74, 6) is -1.54. The Balaban J connectivity index is 0. The van der Waals surface area contributed by atoms with Crippen LogP contribution in [0.4, 0.5) is 0 Å². The number of rotatable bonds is 5. The van der Waals surface area contributed by atoms with Crippen LogP contribution in [0.5, 0.6) is 0 Å². The molecule has 0 saturated heterocycles. The molecule has 0 radical (unpaired) electrons. The summed E-state index contributed by atoms with van der Waals surface area (Å²) in [7, 11) is 0. The summed E-state index contributed by atoms with van der Waals surface area (Å²) in [5, 5.41) is 13.9. The minimum Gasteiger partial charge on any atom is -0.807 e. The molecule has 0 aromatic heterocycles. The number of carboxylic acids is 1. The molecule has 0 aliphatic carbocycles. The van der Waals surface area contributed by atoms with Crippen LogP contribution in [-0.2, 0) is 16.6 Å². The largest absolute Gasteiger partial charge is 1.00 e. The molecule has 0 spiro atoms. The molecule has 1 rings (SSSR count). The van der Waals surface area contributed by atoms with Crippen molar-refractivity contribution in [3.63, 3.8) is 0 Å². The third-order valence-corrected chi connectivity index (χ3v) is 4.87. The van der Waals surface area contributed by atoms with E-state index >= 15 is 0 Å². The minimum absolute atomic E-state index is 0. The maximum atomic E-state index is 12.2. The maximum Gasteiger partial charge on any atom is 1.00 e. The molecule has 8 heteroatoms. The SMILES string of the molecule is CC(C)C(NP([O-])(=S)c1ccccc1)C(=O)[O-].[Li+].[Li+]. The molecule has 94 valence electrons. The molecule has 1 N–H and O–H groups in total. The summed E-state index contributed by atoms with van der Waals surface area (Å²) in [5.41, 5.74) is 0. The Hall–Kier alpha value is 0.455. The molecule has 0 amide bonds. The number of carbonyl (C=O) groups excluding carboxylic acids is 1. The monoisotopic (exact) mass is 285 g/mol. The quantitative estimate of drug-likeness (QED) is 0.430. The van der Waals surface area contributed by atoms with E-state index in [0.717, 1.165) is 0 Å². The van der Waals surface area contributed by atoms with E-state index < -0.39 is 18.4 Å². The number of carboxylic acid groups (broad SMARTS) is 1. The summed E-state index contributed by atoms with van der Waals surface area (Å²) in [6, 6.07) is 7.41. The van der Waals surface area contributed by atoms with Crippen molar-refractivity contribution in [2.75, 3.05) is 0 Å². The van der Waals surface area contributed by atoms with E-state index in [2.05, 4.69) is 5.09 Å². The van der Waals surface area contributed by atoms with Gasteiger partial charge in [0.15, 0.2) is 0 Å². The van der Waals surface area contributed by atoms with Crippen LogP contribution in [0.15, 0.2) is 30.3 Å². The Morgan fingerprint density at radius 3 is 2.11 bits per heavy atom. The zero-order valence-electron chi connectivity index (χ0n) is 11.6. The van der Waals surface area contributed by atoms with Crippen molar-refractivity contribution >= 4 is 29.5 Å². The first-order valence-corrected chi connectivity index (χ1v) is 7.92. The first kappa shape index (κ1) is 21.7. The fraction of sp³-hybridized carbons (Fsp3) is 0.364. The van der Waals surface area contributed by atoms with Gasteiger partial charge in [0, 0.05) is 0 Å². The van der Waals surface area contributed by atoms with Gasteiger partial charge in [0.05, 0.1) is 12.0 Å². The van der Waals surface area contributed by atoms with E-state index in [4.69, 9.17) is 11.8 Å². The van der Waals surface area contributed by atoms with Crippen LogP contribution < -0.4 is 58.1 Å². The van der Waals surface area contributed by atoms with Crippen LogP contribution in [0.1, 0.15) is 13.8 Å². The van der Waals surface area contributed by atoms with Crippen molar-refractivity contribution in [1.29, 1.82) is 0 Å². The van der Waals surface area contributed by atoms with Crippen LogP contribution in [0.2, 0.25) is 0 Å². The average Bonchev–Trinajstić information content (AvgIpc) is 2.26. The summed E-state index contributed by atoms with van der Waals surface area (Å²) >= 11 is 4.98. The van der Waals surface area contributed by atoms with E-state index in [1.54, 1.807) is 44.2 Å². The van der Waals surface area contributed by atoms with E-state index in [1.807, 2.05) is 0 Å². The van der Waals surface area contributed by atoms with Gasteiger partial charge in [0.1, 0.15) is 0 Å². The summed E-state index contributed by atoms with van der Waals surface area (Å²) in [6.07, 6.45) is -3.30. The van der Waals surface area contributed by atoms with Crippen molar-refractivity contribution in [1.82, 2.24) is 5.09 Å². The molecular weight excluding hydrogens is 271 g/mol. The van der Waals surface area contributed by atoms with Gasteiger partial charge < -0.3 is 14.8 Å². The van der Waals surface area contributed by atoms with Gasteiger partial charge in [-0.3, -0.25) is 5.09 Å². The second-order valence-electron chi connectivity index (χ2n) is 4.06. The molecule has 2 atom stereocenters.